The molecule has 36 heavy (non-hydrogen) atoms. The molecule has 0 aliphatic rings. The first kappa shape index (κ1) is 26.4. The van der Waals surface area contributed by atoms with Gasteiger partial charge in [0.05, 0.1) is 7.11 Å². The van der Waals surface area contributed by atoms with Crippen molar-refractivity contribution in [1.29, 1.82) is 0 Å². The van der Waals surface area contributed by atoms with Crippen LogP contribution in [-0.4, -0.2) is 19.0 Å². The number of nitrogens with one attached hydrogen (secondary N) is 1. The van der Waals surface area contributed by atoms with E-state index in [0.717, 1.165) is 0 Å². The molecule has 0 heterocycles. The molecule has 8 heteroatoms. The van der Waals surface area contributed by atoms with Gasteiger partial charge in [-0.2, -0.15) is 0 Å². The summed E-state index contributed by atoms with van der Waals surface area (Å²) in [4.78, 5) is 23.9. The number of carbonyl (C=O) groups is 2. The first-order valence-electron chi connectivity index (χ1n) is 11.3. The van der Waals surface area contributed by atoms with Gasteiger partial charge in [0.1, 0.15) is 12.4 Å². The lowest BCUT2D eigenvalue weighted by Crippen LogP contribution is -2.12. The predicted octanol–water partition coefficient (Wildman–Crippen LogP) is 6.35. The number of esters is 1. The van der Waals surface area contributed by atoms with Gasteiger partial charge in [0.25, 0.3) is 5.92 Å². The number of rotatable bonds is 10. The molecule has 0 aromatic heterocycles. The lowest BCUT2D eigenvalue weighted by Gasteiger charge is -2.16. The Hall–Kier alpha value is -4.20. The average Bonchev–Trinajstić information content (AvgIpc) is 2.87. The highest BCUT2D eigenvalue weighted by Gasteiger charge is 2.29. The number of anilines is 1. The number of amides is 1. The molecule has 3 rings (SSSR count). The SMILES string of the molecule is CCC(F)(F)c1cccc(OCc2ccccc2NC(=O)C=Cc2ccc(OC)c(OC(C)=O)c2)c1. The van der Waals surface area contributed by atoms with Crippen molar-refractivity contribution < 1.29 is 32.6 Å². The minimum absolute atomic E-state index is 0.0749. The molecular weight excluding hydrogens is 468 g/mol. The van der Waals surface area contributed by atoms with E-state index in [0.29, 0.717) is 28.3 Å². The Morgan fingerprint density at radius 1 is 1.00 bits per heavy atom. The van der Waals surface area contributed by atoms with E-state index >= 15 is 0 Å². The molecule has 1 N–H and O–H groups in total. The van der Waals surface area contributed by atoms with Crippen LogP contribution >= 0.6 is 0 Å². The van der Waals surface area contributed by atoms with Gasteiger partial charge < -0.3 is 19.5 Å². The minimum atomic E-state index is -2.93. The first-order chi connectivity index (χ1) is 17.2. The van der Waals surface area contributed by atoms with Crippen molar-refractivity contribution in [3.8, 4) is 17.2 Å². The molecule has 0 unspecified atom stereocenters. The molecule has 0 aliphatic heterocycles. The second-order valence-corrected chi connectivity index (χ2v) is 7.86. The fourth-order valence-electron chi connectivity index (χ4n) is 3.32. The third-order valence-corrected chi connectivity index (χ3v) is 5.24. The van der Waals surface area contributed by atoms with Crippen LogP contribution in [0.5, 0.6) is 17.2 Å². The highest BCUT2D eigenvalue weighted by atomic mass is 19.3. The van der Waals surface area contributed by atoms with Crippen molar-refractivity contribution in [2.75, 3.05) is 12.4 Å². The molecule has 0 atom stereocenters. The Morgan fingerprint density at radius 3 is 2.50 bits per heavy atom. The van der Waals surface area contributed by atoms with Gasteiger partial charge in [0, 0.05) is 36.2 Å². The summed E-state index contributed by atoms with van der Waals surface area (Å²) in [6.07, 6.45) is 2.61. The predicted molar refractivity (Wildman–Crippen MR) is 133 cm³/mol. The standard InChI is InChI=1S/C28H27F2NO5/c1-4-28(29,30)22-9-7-10-23(17-22)35-18-21-8-5-6-11-24(21)31-27(33)15-13-20-12-14-25(34-3)26(16-20)36-19(2)32/h5-17H,4,18H2,1-3H3,(H,31,33). The van der Waals surface area contributed by atoms with Crippen LogP contribution in [0.3, 0.4) is 0 Å². The number of methoxy groups -OCH3 is 1. The zero-order valence-electron chi connectivity index (χ0n) is 20.2. The quantitative estimate of drug-likeness (QED) is 0.201. The maximum atomic E-state index is 14.0. The van der Waals surface area contributed by atoms with Gasteiger partial charge in [-0.1, -0.05) is 43.3 Å². The number of halogens is 2. The maximum absolute atomic E-state index is 14.0. The number of carbonyl (C=O) groups excluding carboxylic acids is 2. The number of para-hydroxylation sites is 1. The fraction of sp³-hybridized carbons (Fsp3) is 0.214. The number of hydrogen-bond acceptors (Lipinski definition) is 5. The van der Waals surface area contributed by atoms with Crippen LogP contribution in [0.15, 0.2) is 72.8 Å². The van der Waals surface area contributed by atoms with E-state index in [1.807, 2.05) is 0 Å². The zero-order chi connectivity index (χ0) is 26.1. The summed E-state index contributed by atoms with van der Waals surface area (Å²) in [6, 6.07) is 17.8. The number of alkyl halides is 2. The molecule has 0 fully saturated rings. The molecule has 0 spiro atoms. The molecule has 1 amide bonds. The zero-order valence-corrected chi connectivity index (χ0v) is 20.2. The molecule has 0 saturated heterocycles. The Bertz CT molecular complexity index is 1260. The van der Waals surface area contributed by atoms with E-state index in [-0.39, 0.29) is 24.3 Å². The summed E-state index contributed by atoms with van der Waals surface area (Å²) in [7, 11) is 1.46. The van der Waals surface area contributed by atoms with Crippen molar-refractivity contribution in [2.45, 2.75) is 32.8 Å². The van der Waals surface area contributed by atoms with Gasteiger partial charge >= 0.3 is 5.97 Å². The second-order valence-electron chi connectivity index (χ2n) is 7.86. The van der Waals surface area contributed by atoms with Crippen LogP contribution in [-0.2, 0) is 22.1 Å². The molecule has 0 saturated carbocycles. The van der Waals surface area contributed by atoms with Crippen LogP contribution in [0.25, 0.3) is 6.08 Å². The molecule has 0 aliphatic carbocycles. The monoisotopic (exact) mass is 495 g/mol. The summed E-state index contributed by atoms with van der Waals surface area (Å²) in [5, 5.41) is 2.80. The molecule has 3 aromatic carbocycles. The number of ether oxygens (including phenoxy) is 3. The van der Waals surface area contributed by atoms with E-state index in [2.05, 4.69) is 5.32 Å². The maximum Gasteiger partial charge on any atom is 0.308 e. The van der Waals surface area contributed by atoms with Gasteiger partial charge in [-0.3, -0.25) is 9.59 Å². The third-order valence-electron chi connectivity index (χ3n) is 5.24. The van der Waals surface area contributed by atoms with Gasteiger partial charge in [-0.05, 0) is 42.0 Å². The van der Waals surface area contributed by atoms with Crippen molar-refractivity contribution in [2.24, 2.45) is 0 Å². The highest BCUT2D eigenvalue weighted by molar-refractivity contribution is 6.02. The summed E-state index contributed by atoms with van der Waals surface area (Å²) in [5.74, 6) is -2.86. The van der Waals surface area contributed by atoms with Gasteiger partial charge in [0.15, 0.2) is 11.5 Å². The summed E-state index contributed by atoms with van der Waals surface area (Å²) in [6.45, 7) is 2.79. The largest absolute Gasteiger partial charge is 0.493 e. The topological polar surface area (TPSA) is 73.9 Å². The fourth-order valence-corrected chi connectivity index (χ4v) is 3.32. The Morgan fingerprint density at radius 2 is 1.78 bits per heavy atom. The molecule has 0 radical (unpaired) electrons. The van der Waals surface area contributed by atoms with Crippen LogP contribution in [0, 0.1) is 0 Å². The van der Waals surface area contributed by atoms with Crippen molar-refractivity contribution in [3.63, 3.8) is 0 Å². The number of hydrogen-bond donors (Lipinski definition) is 1. The lowest BCUT2D eigenvalue weighted by molar-refractivity contribution is -0.132. The van der Waals surface area contributed by atoms with Crippen molar-refractivity contribution >= 4 is 23.6 Å². The third kappa shape index (κ3) is 7.15. The number of benzene rings is 3. The summed E-state index contributed by atoms with van der Waals surface area (Å²) in [5.41, 5.74) is 1.72. The van der Waals surface area contributed by atoms with Gasteiger partial charge in [0.2, 0.25) is 5.91 Å². The second kappa shape index (κ2) is 12.0. The van der Waals surface area contributed by atoms with Crippen molar-refractivity contribution in [1.82, 2.24) is 0 Å². The molecular formula is C28H27F2NO5. The highest BCUT2D eigenvalue weighted by Crippen LogP contribution is 2.33. The first-order valence-corrected chi connectivity index (χ1v) is 11.3. The van der Waals surface area contributed by atoms with Gasteiger partial charge in [-0.15, -0.1) is 0 Å². The van der Waals surface area contributed by atoms with Crippen LogP contribution in [0.4, 0.5) is 14.5 Å². The molecule has 188 valence electrons. The van der Waals surface area contributed by atoms with E-state index < -0.39 is 17.8 Å². The Balaban J connectivity index is 1.68. The van der Waals surface area contributed by atoms with Crippen LogP contribution < -0.4 is 19.5 Å². The van der Waals surface area contributed by atoms with E-state index in [1.54, 1.807) is 54.6 Å². The summed E-state index contributed by atoms with van der Waals surface area (Å²) < 4.78 is 44.1. The molecule has 3 aromatic rings. The minimum Gasteiger partial charge on any atom is -0.493 e. The van der Waals surface area contributed by atoms with Crippen LogP contribution in [0.2, 0.25) is 0 Å². The Labute approximate surface area is 208 Å². The molecule has 6 nitrogen and oxygen atoms in total. The van der Waals surface area contributed by atoms with Crippen molar-refractivity contribution in [3.05, 3.63) is 89.5 Å². The van der Waals surface area contributed by atoms with Gasteiger partial charge in [-0.25, -0.2) is 8.78 Å². The Kier molecular flexibility index (Phi) is 8.78. The smallest absolute Gasteiger partial charge is 0.308 e. The van der Waals surface area contributed by atoms with E-state index in [9.17, 15) is 18.4 Å². The average molecular weight is 496 g/mol. The van der Waals surface area contributed by atoms with Crippen LogP contribution in [0.1, 0.15) is 37.0 Å². The van der Waals surface area contributed by atoms with E-state index in [4.69, 9.17) is 14.2 Å². The molecule has 0 bridgehead atoms. The van der Waals surface area contributed by atoms with E-state index in [1.165, 1.54) is 45.2 Å². The normalized spacial score (nSPS) is 11.2. The lowest BCUT2D eigenvalue weighted by atomic mass is 10.1. The summed E-state index contributed by atoms with van der Waals surface area (Å²) >= 11 is 0.